The van der Waals surface area contributed by atoms with Crippen LogP contribution in [0, 0.1) is 0 Å². The molecule has 0 saturated heterocycles. The normalized spacial score (nSPS) is 12.7. The maximum atomic E-state index is 10.4. The van der Waals surface area contributed by atoms with Gasteiger partial charge in [0, 0.05) is 13.7 Å². The van der Waals surface area contributed by atoms with Gasteiger partial charge in [0.25, 0.3) is 0 Å². The van der Waals surface area contributed by atoms with Crippen LogP contribution in [0.3, 0.4) is 0 Å². The van der Waals surface area contributed by atoms with Crippen LogP contribution >= 0.6 is 0 Å². The lowest BCUT2D eigenvalue weighted by molar-refractivity contribution is -0.00595. The Labute approximate surface area is 60.4 Å². The lowest BCUT2D eigenvalue weighted by atomic mass is 10.5. The molecule has 4 heteroatoms. The number of amides is 1. The largest absolute Gasteiger partial charge is 0.465 e. The van der Waals surface area contributed by atoms with Gasteiger partial charge < -0.3 is 9.84 Å². The third-order valence-corrected chi connectivity index (χ3v) is 1.37. The zero-order valence-electron chi connectivity index (χ0n) is 6.50. The molecule has 0 spiro atoms. The summed E-state index contributed by atoms with van der Waals surface area (Å²) in [5.41, 5.74) is 0. The second-order valence-corrected chi connectivity index (χ2v) is 1.90. The van der Waals surface area contributed by atoms with Crippen LogP contribution in [0.4, 0.5) is 4.79 Å². The lowest BCUT2D eigenvalue weighted by Gasteiger charge is -2.22. The Morgan fingerprint density at radius 1 is 1.80 bits per heavy atom. The molecule has 0 aromatic heterocycles. The number of hydrogen-bond acceptors (Lipinski definition) is 2. The highest BCUT2D eigenvalue weighted by molar-refractivity contribution is 5.65. The molecule has 1 N–H and O–H groups in total. The third kappa shape index (κ3) is 2.23. The molecule has 1 unspecified atom stereocenters. The Kier molecular flexibility index (Phi) is 3.79. The lowest BCUT2D eigenvalue weighted by Crippen LogP contribution is -2.38. The van der Waals surface area contributed by atoms with Gasteiger partial charge in [0.1, 0.15) is 6.23 Å². The summed E-state index contributed by atoms with van der Waals surface area (Å²) < 4.78 is 4.81. The van der Waals surface area contributed by atoms with Gasteiger partial charge in [-0.1, -0.05) is 0 Å². The molecule has 0 saturated carbocycles. The number of carbonyl (C=O) groups is 1. The SMILES string of the molecule is CCN(C(=O)O)C(C)OC. The van der Waals surface area contributed by atoms with Gasteiger partial charge in [-0.25, -0.2) is 4.79 Å². The highest BCUT2D eigenvalue weighted by Gasteiger charge is 2.15. The highest BCUT2D eigenvalue weighted by Crippen LogP contribution is 1.98. The van der Waals surface area contributed by atoms with E-state index in [9.17, 15) is 4.79 Å². The van der Waals surface area contributed by atoms with Gasteiger partial charge in [0.2, 0.25) is 0 Å². The molecule has 0 aliphatic carbocycles. The van der Waals surface area contributed by atoms with E-state index >= 15 is 0 Å². The summed E-state index contributed by atoms with van der Waals surface area (Å²) in [5.74, 6) is 0. The Hall–Kier alpha value is -0.770. The number of methoxy groups -OCH3 is 1. The standard InChI is InChI=1S/C6H13NO3/c1-4-7(6(8)9)5(2)10-3/h5H,4H2,1-3H3,(H,8,9). The predicted octanol–water partition coefficient (Wildman–Crippen LogP) is 0.979. The average molecular weight is 147 g/mol. The summed E-state index contributed by atoms with van der Waals surface area (Å²) in [6.45, 7) is 3.91. The first-order valence-corrected chi connectivity index (χ1v) is 3.15. The summed E-state index contributed by atoms with van der Waals surface area (Å²) in [7, 11) is 1.48. The third-order valence-electron chi connectivity index (χ3n) is 1.37. The van der Waals surface area contributed by atoms with Crippen molar-refractivity contribution in [2.24, 2.45) is 0 Å². The minimum atomic E-state index is -0.947. The van der Waals surface area contributed by atoms with Crippen LogP contribution in [0.25, 0.3) is 0 Å². The molecule has 0 aliphatic heterocycles. The van der Waals surface area contributed by atoms with Gasteiger partial charge in [-0.05, 0) is 13.8 Å². The first-order valence-electron chi connectivity index (χ1n) is 3.15. The summed E-state index contributed by atoms with van der Waals surface area (Å²) in [6, 6.07) is 0. The van der Waals surface area contributed by atoms with E-state index < -0.39 is 6.09 Å². The van der Waals surface area contributed by atoms with Gasteiger partial charge in [-0.3, -0.25) is 4.90 Å². The zero-order valence-corrected chi connectivity index (χ0v) is 6.50. The second kappa shape index (κ2) is 4.11. The minimum Gasteiger partial charge on any atom is -0.465 e. The summed E-state index contributed by atoms with van der Waals surface area (Å²) in [5, 5.41) is 8.52. The minimum absolute atomic E-state index is 0.359. The van der Waals surface area contributed by atoms with Crippen molar-refractivity contribution in [1.82, 2.24) is 4.90 Å². The van der Waals surface area contributed by atoms with E-state index in [2.05, 4.69) is 0 Å². The summed E-state index contributed by atoms with van der Waals surface area (Å²) in [6.07, 6.45) is -1.31. The van der Waals surface area contributed by atoms with Crippen LogP contribution in [0.15, 0.2) is 0 Å². The second-order valence-electron chi connectivity index (χ2n) is 1.90. The molecular weight excluding hydrogens is 134 g/mol. The number of carboxylic acid groups (broad SMARTS) is 1. The maximum Gasteiger partial charge on any atom is 0.409 e. The van der Waals surface area contributed by atoms with Crippen molar-refractivity contribution in [3.05, 3.63) is 0 Å². The van der Waals surface area contributed by atoms with Crippen molar-refractivity contribution in [2.45, 2.75) is 20.1 Å². The van der Waals surface area contributed by atoms with E-state index in [4.69, 9.17) is 9.84 Å². The van der Waals surface area contributed by atoms with Crippen molar-refractivity contribution in [2.75, 3.05) is 13.7 Å². The van der Waals surface area contributed by atoms with E-state index in [1.807, 2.05) is 0 Å². The van der Waals surface area contributed by atoms with Crippen LogP contribution in [0.1, 0.15) is 13.8 Å². The zero-order chi connectivity index (χ0) is 8.15. The first kappa shape index (κ1) is 9.23. The average Bonchev–Trinajstić information content (AvgIpc) is 1.88. The molecule has 1 amide bonds. The fourth-order valence-corrected chi connectivity index (χ4v) is 0.675. The number of hydrogen-bond donors (Lipinski definition) is 1. The van der Waals surface area contributed by atoms with Crippen molar-refractivity contribution in [1.29, 1.82) is 0 Å². The Morgan fingerprint density at radius 2 is 2.30 bits per heavy atom. The molecule has 10 heavy (non-hydrogen) atoms. The van der Waals surface area contributed by atoms with E-state index in [1.165, 1.54) is 12.0 Å². The molecule has 0 radical (unpaired) electrons. The van der Waals surface area contributed by atoms with Crippen LogP contribution in [0.2, 0.25) is 0 Å². The highest BCUT2D eigenvalue weighted by atomic mass is 16.5. The van der Waals surface area contributed by atoms with Crippen LogP contribution in [-0.2, 0) is 4.74 Å². The topological polar surface area (TPSA) is 49.8 Å². The van der Waals surface area contributed by atoms with Gasteiger partial charge >= 0.3 is 6.09 Å². The monoisotopic (exact) mass is 147 g/mol. The molecule has 0 bridgehead atoms. The van der Waals surface area contributed by atoms with Crippen molar-refractivity contribution >= 4 is 6.09 Å². The van der Waals surface area contributed by atoms with E-state index in [0.717, 1.165) is 0 Å². The molecule has 4 nitrogen and oxygen atoms in total. The Morgan fingerprint density at radius 3 is 2.40 bits per heavy atom. The van der Waals surface area contributed by atoms with Crippen molar-refractivity contribution < 1.29 is 14.6 Å². The van der Waals surface area contributed by atoms with Crippen molar-refractivity contribution in [3.8, 4) is 0 Å². The molecular formula is C6H13NO3. The van der Waals surface area contributed by atoms with Crippen LogP contribution in [0.5, 0.6) is 0 Å². The smallest absolute Gasteiger partial charge is 0.409 e. The molecule has 0 aromatic carbocycles. The molecule has 0 aromatic rings. The fraction of sp³-hybridized carbons (Fsp3) is 0.833. The quantitative estimate of drug-likeness (QED) is 0.605. The number of ether oxygens (including phenoxy) is 1. The van der Waals surface area contributed by atoms with Gasteiger partial charge in [0.15, 0.2) is 0 Å². The predicted molar refractivity (Wildman–Crippen MR) is 36.9 cm³/mol. The maximum absolute atomic E-state index is 10.4. The number of rotatable bonds is 3. The molecule has 0 rings (SSSR count). The van der Waals surface area contributed by atoms with E-state index in [-0.39, 0.29) is 6.23 Å². The fourth-order valence-electron chi connectivity index (χ4n) is 0.675. The first-order chi connectivity index (χ1) is 4.63. The van der Waals surface area contributed by atoms with Gasteiger partial charge in [-0.15, -0.1) is 0 Å². The van der Waals surface area contributed by atoms with Crippen molar-refractivity contribution in [3.63, 3.8) is 0 Å². The van der Waals surface area contributed by atoms with Gasteiger partial charge in [0.05, 0.1) is 0 Å². The Balaban J connectivity index is 3.92. The van der Waals surface area contributed by atoms with Gasteiger partial charge in [-0.2, -0.15) is 0 Å². The molecule has 1 atom stereocenters. The van der Waals surface area contributed by atoms with E-state index in [0.29, 0.717) is 6.54 Å². The van der Waals surface area contributed by atoms with Crippen LogP contribution in [-0.4, -0.2) is 36.0 Å². The molecule has 60 valence electrons. The summed E-state index contributed by atoms with van der Waals surface area (Å²) >= 11 is 0. The van der Waals surface area contributed by atoms with Crippen LogP contribution < -0.4 is 0 Å². The number of nitrogens with zero attached hydrogens (tertiary/aromatic N) is 1. The molecule has 0 heterocycles. The molecule has 0 aliphatic rings. The van der Waals surface area contributed by atoms with E-state index in [1.54, 1.807) is 13.8 Å². The molecule has 0 fully saturated rings. The Bertz CT molecular complexity index is 116. The summed E-state index contributed by atoms with van der Waals surface area (Å²) in [4.78, 5) is 11.6.